The van der Waals surface area contributed by atoms with E-state index in [2.05, 4.69) is 6.92 Å². The standard InChI is InChI=1S/C20H23ClO4/c1-11(22)20(24)7-5-14-12-8-16(21)15-9-17(23)25-10-18(15,2)13(12)4-6-19(14,20)3/h5,7-9,12-14,24H,4,6,10H2,1-3H3/t12-,13+,14+,18-,19+,20+/m1/s1. The molecule has 1 saturated carbocycles. The second-order valence-corrected chi connectivity index (χ2v) is 8.85. The number of rotatable bonds is 1. The molecule has 1 aliphatic heterocycles. The Morgan fingerprint density at radius 2 is 2.12 bits per heavy atom. The van der Waals surface area contributed by atoms with Crippen molar-refractivity contribution in [3.63, 3.8) is 0 Å². The number of ether oxygens (including phenoxy) is 1. The summed E-state index contributed by atoms with van der Waals surface area (Å²) in [6.07, 6.45) is 8.80. The molecule has 134 valence electrons. The second kappa shape index (κ2) is 5.08. The number of ketones is 1. The highest BCUT2D eigenvalue weighted by Crippen LogP contribution is 2.64. The summed E-state index contributed by atoms with van der Waals surface area (Å²) in [5, 5.41) is 11.6. The predicted molar refractivity (Wildman–Crippen MR) is 93.7 cm³/mol. The maximum absolute atomic E-state index is 12.2. The maximum Gasteiger partial charge on any atom is 0.331 e. The molecule has 4 rings (SSSR count). The summed E-state index contributed by atoms with van der Waals surface area (Å²) >= 11 is 6.57. The van der Waals surface area contributed by atoms with E-state index >= 15 is 0 Å². The van der Waals surface area contributed by atoms with Gasteiger partial charge in [-0.1, -0.05) is 37.6 Å². The Labute approximate surface area is 152 Å². The van der Waals surface area contributed by atoms with Crippen molar-refractivity contribution in [2.24, 2.45) is 28.6 Å². The highest BCUT2D eigenvalue weighted by molar-refractivity contribution is 6.32. The number of carbonyl (C=O) groups is 2. The summed E-state index contributed by atoms with van der Waals surface area (Å²) in [5.74, 6) is -0.160. The highest BCUT2D eigenvalue weighted by Gasteiger charge is 2.63. The maximum atomic E-state index is 12.2. The number of Topliss-reactive ketones (excluding diaryl/α,β-unsaturated/α-hetero) is 1. The minimum atomic E-state index is -1.42. The van der Waals surface area contributed by atoms with Gasteiger partial charge in [-0.05, 0) is 49.2 Å². The van der Waals surface area contributed by atoms with Crippen LogP contribution in [-0.2, 0) is 14.3 Å². The molecule has 1 heterocycles. The topological polar surface area (TPSA) is 63.6 Å². The lowest BCUT2D eigenvalue weighted by atomic mass is 9.49. The van der Waals surface area contributed by atoms with Gasteiger partial charge in [0.15, 0.2) is 5.78 Å². The van der Waals surface area contributed by atoms with E-state index in [1.165, 1.54) is 13.0 Å². The summed E-state index contributed by atoms with van der Waals surface area (Å²) in [7, 11) is 0. The molecule has 5 heteroatoms. The summed E-state index contributed by atoms with van der Waals surface area (Å²) in [6.45, 7) is 5.89. The first-order chi connectivity index (χ1) is 11.6. The zero-order valence-electron chi connectivity index (χ0n) is 14.7. The molecule has 0 bridgehead atoms. The lowest BCUT2D eigenvalue weighted by Crippen LogP contribution is -2.57. The van der Waals surface area contributed by atoms with Crippen LogP contribution in [0.4, 0.5) is 0 Å². The third-order valence-corrected chi connectivity index (χ3v) is 7.68. The zero-order valence-corrected chi connectivity index (χ0v) is 15.5. The highest BCUT2D eigenvalue weighted by atomic mass is 35.5. The van der Waals surface area contributed by atoms with Gasteiger partial charge in [0.2, 0.25) is 0 Å². The molecule has 0 aromatic rings. The van der Waals surface area contributed by atoms with Crippen molar-refractivity contribution in [3.05, 3.63) is 34.9 Å². The van der Waals surface area contributed by atoms with Gasteiger partial charge in [0.1, 0.15) is 12.2 Å². The summed E-state index contributed by atoms with van der Waals surface area (Å²) in [6, 6.07) is 0. The van der Waals surface area contributed by atoms with Crippen LogP contribution in [0.15, 0.2) is 34.9 Å². The van der Waals surface area contributed by atoms with Crippen LogP contribution in [0.25, 0.3) is 0 Å². The lowest BCUT2D eigenvalue weighted by Gasteiger charge is -2.56. The fourth-order valence-electron chi connectivity index (χ4n) is 5.72. The molecular weight excluding hydrogens is 340 g/mol. The number of fused-ring (bicyclic) bond motifs is 5. The van der Waals surface area contributed by atoms with Crippen molar-refractivity contribution in [1.29, 1.82) is 0 Å². The molecule has 0 aromatic heterocycles. The molecule has 25 heavy (non-hydrogen) atoms. The quantitative estimate of drug-likeness (QED) is 0.575. The van der Waals surface area contributed by atoms with Crippen LogP contribution < -0.4 is 0 Å². The Bertz CT molecular complexity index is 766. The number of carbonyl (C=O) groups excluding carboxylic acids is 2. The van der Waals surface area contributed by atoms with Crippen LogP contribution in [-0.4, -0.2) is 29.1 Å². The minimum absolute atomic E-state index is 0.0323. The first-order valence-electron chi connectivity index (χ1n) is 8.83. The van der Waals surface area contributed by atoms with Crippen LogP contribution in [0, 0.1) is 28.6 Å². The molecule has 4 nitrogen and oxygen atoms in total. The first-order valence-corrected chi connectivity index (χ1v) is 9.21. The van der Waals surface area contributed by atoms with E-state index < -0.39 is 11.0 Å². The molecule has 0 aromatic carbocycles. The minimum Gasteiger partial charge on any atom is -0.462 e. The van der Waals surface area contributed by atoms with E-state index in [4.69, 9.17) is 16.3 Å². The van der Waals surface area contributed by atoms with Crippen LogP contribution in [0.2, 0.25) is 0 Å². The van der Waals surface area contributed by atoms with Gasteiger partial charge in [-0.15, -0.1) is 0 Å². The Morgan fingerprint density at radius 3 is 2.80 bits per heavy atom. The van der Waals surface area contributed by atoms with Crippen molar-refractivity contribution in [2.45, 2.75) is 39.2 Å². The number of esters is 1. The van der Waals surface area contributed by atoms with E-state index in [-0.39, 0.29) is 34.9 Å². The second-order valence-electron chi connectivity index (χ2n) is 8.45. The van der Waals surface area contributed by atoms with Gasteiger partial charge in [-0.3, -0.25) is 4.79 Å². The van der Waals surface area contributed by atoms with Gasteiger partial charge < -0.3 is 9.84 Å². The zero-order chi connectivity index (χ0) is 18.2. The lowest BCUT2D eigenvalue weighted by molar-refractivity contribution is -0.155. The number of hydrogen-bond donors (Lipinski definition) is 1. The monoisotopic (exact) mass is 362 g/mol. The Kier molecular flexibility index (Phi) is 3.46. The first kappa shape index (κ1) is 17.0. The molecule has 1 fully saturated rings. The number of cyclic esters (lactones) is 1. The van der Waals surface area contributed by atoms with Crippen molar-refractivity contribution >= 4 is 23.4 Å². The van der Waals surface area contributed by atoms with E-state index in [1.807, 2.05) is 19.1 Å². The molecule has 0 saturated heterocycles. The average molecular weight is 363 g/mol. The molecule has 0 unspecified atom stereocenters. The van der Waals surface area contributed by atoms with E-state index in [1.54, 1.807) is 6.08 Å². The molecule has 1 N–H and O–H groups in total. The predicted octanol–water partition coefficient (Wildman–Crippen LogP) is 3.15. The molecule has 0 spiro atoms. The molecule has 0 amide bonds. The van der Waals surface area contributed by atoms with Crippen LogP contribution in [0.3, 0.4) is 0 Å². The van der Waals surface area contributed by atoms with E-state index in [9.17, 15) is 14.7 Å². The number of aliphatic hydroxyl groups is 1. The molecular formula is C20H23ClO4. The van der Waals surface area contributed by atoms with Gasteiger partial charge in [-0.25, -0.2) is 4.79 Å². The third kappa shape index (κ3) is 1.98. The van der Waals surface area contributed by atoms with Crippen molar-refractivity contribution in [3.8, 4) is 0 Å². The smallest absolute Gasteiger partial charge is 0.331 e. The fraction of sp³-hybridized carbons (Fsp3) is 0.600. The molecule has 3 aliphatic carbocycles. The number of halogens is 1. The number of allylic oxidation sites excluding steroid dienone is 3. The molecule has 4 aliphatic rings. The van der Waals surface area contributed by atoms with Crippen molar-refractivity contribution in [1.82, 2.24) is 0 Å². The van der Waals surface area contributed by atoms with Crippen LogP contribution in [0.1, 0.15) is 33.6 Å². The van der Waals surface area contributed by atoms with Crippen molar-refractivity contribution in [2.75, 3.05) is 6.61 Å². The summed E-state index contributed by atoms with van der Waals surface area (Å²) < 4.78 is 5.34. The third-order valence-electron chi connectivity index (χ3n) is 7.35. The molecule has 6 atom stereocenters. The number of hydrogen-bond acceptors (Lipinski definition) is 4. The molecule has 0 radical (unpaired) electrons. The van der Waals surface area contributed by atoms with Crippen molar-refractivity contribution < 1.29 is 19.4 Å². The van der Waals surface area contributed by atoms with E-state index in [0.717, 1.165) is 18.4 Å². The normalized spacial score (nSPS) is 47.9. The van der Waals surface area contributed by atoms with Gasteiger partial charge in [0, 0.05) is 21.9 Å². The fourth-order valence-corrected chi connectivity index (χ4v) is 6.14. The van der Waals surface area contributed by atoms with Crippen LogP contribution in [0.5, 0.6) is 0 Å². The average Bonchev–Trinajstić information content (AvgIpc) is 2.83. The van der Waals surface area contributed by atoms with E-state index in [0.29, 0.717) is 11.6 Å². The summed E-state index contributed by atoms with van der Waals surface area (Å²) in [5.41, 5.74) is -1.41. The van der Waals surface area contributed by atoms with Gasteiger partial charge in [0.05, 0.1) is 0 Å². The Balaban J connectivity index is 1.81. The van der Waals surface area contributed by atoms with Gasteiger partial charge >= 0.3 is 5.97 Å². The van der Waals surface area contributed by atoms with Gasteiger partial charge in [-0.2, -0.15) is 0 Å². The van der Waals surface area contributed by atoms with Gasteiger partial charge in [0.25, 0.3) is 0 Å². The van der Waals surface area contributed by atoms with Crippen LogP contribution >= 0.6 is 11.6 Å². The largest absolute Gasteiger partial charge is 0.462 e. The Morgan fingerprint density at radius 1 is 1.40 bits per heavy atom. The Hall–Kier alpha value is -1.39. The SMILES string of the molecule is CC(=O)[C@@]1(O)C=C[C@H]2[C@@H]3C=C(Cl)C4=CC(=O)OC[C@]4(C)[C@H]3CC[C@@]21C. The summed E-state index contributed by atoms with van der Waals surface area (Å²) in [4.78, 5) is 23.9.